The van der Waals surface area contributed by atoms with Crippen LogP contribution in [0.25, 0.3) is 11.2 Å². The van der Waals surface area contributed by atoms with Crippen molar-refractivity contribution in [2.45, 2.75) is 49.5 Å². The van der Waals surface area contributed by atoms with Gasteiger partial charge in [-0.1, -0.05) is 25.1 Å². The maximum absolute atomic E-state index is 11.9. The number of phosphoric ester groups is 1. The number of hydrogen-bond donors (Lipinski definition) is 4. The van der Waals surface area contributed by atoms with Gasteiger partial charge >= 0.3 is 134 Å². The van der Waals surface area contributed by atoms with Crippen LogP contribution < -0.4 is 144 Å². The van der Waals surface area contributed by atoms with Crippen LogP contribution in [0.1, 0.15) is 26.0 Å². The van der Waals surface area contributed by atoms with Gasteiger partial charge in [-0.3, -0.25) is 13.7 Å². The first-order valence-electron chi connectivity index (χ1n) is 10.00. The summed E-state index contributed by atoms with van der Waals surface area (Å²) in [7, 11) is -17.8. The van der Waals surface area contributed by atoms with E-state index in [1.54, 1.807) is 0 Å². The normalized spacial score (nSPS) is 23.6. The summed E-state index contributed by atoms with van der Waals surface area (Å²) in [5.41, 5.74) is 6.24. The van der Waals surface area contributed by atoms with E-state index in [4.69, 9.17) is 10.5 Å². The minimum Gasteiger partial charge on any atom is -0.753 e. The average Bonchev–Trinajstić information content (AvgIpc) is 3.22. The van der Waals surface area contributed by atoms with Crippen LogP contribution in [0.3, 0.4) is 0 Å². The van der Waals surface area contributed by atoms with Gasteiger partial charge in [0, 0.05) is 13.9 Å². The second-order valence-corrected chi connectivity index (χ2v) is 12.6. The molecule has 18 nitrogen and oxygen atoms in total. The molecule has 3 heterocycles. The summed E-state index contributed by atoms with van der Waals surface area (Å²) < 4.78 is 41.3. The first-order valence-corrected chi connectivity index (χ1v) is 15.4. The van der Waals surface area contributed by atoms with Crippen LogP contribution in [0.4, 0.5) is 5.82 Å². The van der Waals surface area contributed by atoms with Crippen LogP contribution in [-0.2, 0) is 27.0 Å². The van der Waals surface area contributed by atoms with Crippen molar-refractivity contribution in [3.8, 4) is 0 Å². The van der Waals surface area contributed by atoms with E-state index in [1.165, 1.54) is 16.3 Å². The number of hydrogen-bond acceptors (Lipinski definition) is 17. The van der Waals surface area contributed by atoms with Crippen LogP contribution in [0, 0.1) is 0 Å². The molecule has 1 fully saturated rings. The Labute approximate surface area is 321 Å². The summed E-state index contributed by atoms with van der Waals surface area (Å²) in [5, 5.41) is 21.4. The fourth-order valence-electron chi connectivity index (χ4n) is 3.08. The Morgan fingerprint density at radius 2 is 1.80 bits per heavy atom. The van der Waals surface area contributed by atoms with Crippen molar-refractivity contribution >= 4 is 52.6 Å². The van der Waals surface area contributed by atoms with Gasteiger partial charge < -0.3 is 45.2 Å². The zero-order valence-electron chi connectivity index (χ0n) is 22.3. The maximum Gasteiger partial charge on any atom is 1.00 e. The molecule has 26 heteroatoms. The zero-order chi connectivity index (χ0) is 26.9. The number of aliphatic hydroxyl groups excluding tert-OH is 2. The van der Waals surface area contributed by atoms with Crippen molar-refractivity contribution in [3.63, 3.8) is 0 Å². The van der Waals surface area contributed by atoms with Crippen LogP contribution in [0.2, 0.25) is 0 Å². The van der Waals surface area contributed by atoms with Gasteiger partial charge in [-0.05, 0) is 6.42 Å². The second kappa shape index (κ2) is 19.1. The predicted molar refractivity (Wildman–Crippen MR) is 114 cm³/mol. The van der Waals surface area contributed by atoms with Crippen molar-refractivity contribution in [3.05, 3.63) is 6.33 Å². The molecule has 0 amide bonds. The van der Waals surface area contributed by atoms with Gasteiger partial charge in [0.25, 0.3) is 0 Å². The Balaban J connectivity index is 0. The smallest absolute Gasteiger partial charge is 0.753 e. The van der Waals surface area contributed by atoms with Gasteiger partial charge in [0.05, 0.1) is 6.61 Å². The molecule has 2 aromatic rings. The SMILES string of the molecule is CCCCSc1nc2c(N)ncnc2n1C1OC(COP(=O)(O)OP(=O)([O-])O[P+]([O-])([O-])[O-])C(O)C1O.[Na+].[Na+].[Na+].[Na+]. The van der Waals surface area contributed by atoms with Crippen molar-refractivity contribution in [2.75, 3.05) is 18.1 Å². The van der Waals surface area contributed by atoms with Crippen LogP contribution >= 0.6 is 35.6 Å². The Bertz CT molecular complexity index is 1180. The number of phosphoric acid groups is 3. The molecular formula is C14H21N5Na4O13P3S+. The van der Waals surface area contributed by atoms with Gasteiger partial charge in [-0.25, -0.2) is 23.8 Å². The summed E-state index contributed by atoms with van der Waals surface area (Å²) in [6.07, 6.45) is -3.35. The molecule has 5 N–H and O–H groups in total. The second-order valence-electron chi connectivity index (χ2n) is 7.27. The number of ether oxygens (including phenoxy) is 1. The molecule has 6 atom stereocenters. The molecule has 40 heavy (non-hydrogen) atoms. The number of rotatable bonds is 12. The quantitative estimate of drug-likeness (QED) is 0.0698. The number of aliphatic hydroxyl groups is 2. The number of aromatic nitrogens is 4. The third kappa shape index (κ3) is 12.7. The third-order valence-corrected chi connectivity index (χ3v) is 9.34. The van der Waals surface area contributed by atoms with Crippen molar-refractivity contribution in [2.24, 2.45) is 0 Å². The van der Waals surface area contributed by atoms with E-state index in [0.29, 0.717) is 10.9 Å². The number of unbranched alkanes of at least 4 members (excludes halogenated alkanes) is 1. The monoisotopic (exact) mass is 684 g/mol. The van der Waals surface area contributed by atoms with Gasteiger partial charge in [-0.2, -0.15) is 4.31 Å². The van der Waals surface area contributed by atoms with Crippen LogP contribution in [0.15, 0.2) is 11.5 Å². The van der Waals surface area contributed by atoms with E-state index in [-0.39, 0.29) is 135 Å². The summed E-state index contributed by atoms with van der Waals surface area (Å²) >= 11 is 1.29. The summed E-state index contributed by atoms with van der Waals surface area (Å²) in [6.45, 7) is 0.968. The Hall–Kier alpha value is 3.15. The Morgan fingerprint density at radius 1 is 1.18 bits per heavy atom. The maximum atomic E-state index is 11.9. The number of fused-ring (bicyclic) bond motifs is 1. The van der Waals surface area contributed by atoms with Crippen LogP contribution in [0.5, 0.6) is 0 Å². The first-order chi connectivity index (χ1) is 16.6. The standard InChI is InChI=1S/C14H24N5O13P3S.4Na/c1-2-3-4-36-14-18-8-11(15)16-6-17-12(8)19(14)13-10(21)9(20)7(30-13)5-29-34(25,26)32-35(27,28)31-33(22,23)24;;;;/h6-7,9-10,13,20-21H,2-5H2,1H3,(H,25,26)(H,27,28)(H2,15,16,17)(H2,22,23,24);;;;/q;4*+1/p-3. The van der Waals surface area contributed by atoms with E-state index < -0.39 is 55.0 Å². The molecule has 3 rings (SSSR count). The molecule has 1 aliphatic rings. The van der Waals surface area contributed by atoms with Gasteiger partial charge in [0.1, 0.15) is 24.6 Å². The molecule has 0 radical (unpaired) electrons. The van der Waals surface area contributed by atoms with E-state index >= 15 is 0 Å². The fourth-order valence-corrected chi connectivity index (χ4v) is 7.08. The summed E-state index contributed by atoms with van der Waals surface area (Å²) in [4.78, 5) is 64.5. The molecule has 0 bridgehead atoms. The van der Waals surface area contributed by atoms with E-state index in [9.17, 15) is 43.8 Å². The molecule has 0 aromatic carbocycles. The topological polar surface area (TPSA) is 294 Å². The minimum absolute atomic E-state index is 0. The average molecular weight is 684 g/mol. The molecule has 2 aromatic heterocycles. The molecule has 1 saturated heterocycles. The number of nitrogens with two attached hydrogens (primary N) is 1. The number of nitrogens with zero attached hydrogens (tertiary/aromatic N) is 4. The van der Waals surface area contributed by atoms with Crippen LogP contribution in [-0.4, -0.2) is 65.3 Å². The van der Waals surface area contributed by atoms with Crippen molar-refractivity contribution in [1.29, 1.82) is 0 Å². The van der Waals surface area contributed by atoms with Gasteiger partial charge in [0.2, 0.25) is 0 Å². The van der Waals surface area contributed by atoms with Crippen molar-refractivity contribution in [1.82, 2.24) is 19.5 Å². The zero-order valence-corrected chi connectivity index (χ0v) is 33.8. The molecule has 0 spiro atoms. The minimum atomic E-state index is -6.12. The van der Waals surface area contributed by atoms with Crippen molar-refractivity contribution < 1.29 is 180 Å². The van der Waals surface area contributed by atoms with Gasteiger partial charge in [-0.15, -0.1) is 0 Å². The number of imidazole rings is 1. The Kier molecular flexibility index (Phi) is 21.6. The Morgan fingerprint density at radius 3 is 2.38 bits per heavy atom. The van der Waals surface area contributed by atoms with Gasteiger partial charge in [0.15, 0.2) is 28.4 Å². The third-order valence-electron chi connectivity index (χ3n) is 4.60. The predicted octanol–water partition coefficient (Wildman–Crippen LogP) is -14.7. The first kappa shape index (κ1) is 45.3. The molecule has 1 aliphatic heterocycles. The molecule has 0 saturated carbocycles. The molecular weight excluding hydrogens is 663 g/mol. The summed E-state index contributed by atoms with van der Waals surface area (Å²) in [5.74, 6) is 0.680. The molecule has 6 unspecified atom stereocenters. The number of anilines is 1. The summed E-state index contributed by atoms with van der Waals surface area (Å²) in [6, 6.07) is 0. The molecule has 0 aliphatic carbocycles. The largest absolute Gasteiger partial charge is 1.00 e. The van der Waals surface area contributed by atoms with E-state index in [2.05, 4.69) is 28.1 Å². The van der Waals surface area contributed by atoms with E-state index in [0.717, 1.165) is 19.2 Å². The van der Waals surface area contributed by atoms with E-state index in [1.807, 2.05) is 6.92 Å². The fraction of sp³-hybridized carbons (Fsp3) is 0.643. The molecule has 204 valence electrons. The number of thioether (sulfide) groups is 1. The number of nitrogen functional groups attached to an aromatic ring is 1.